The second-order valence-corrected chi connectivity index (χ2v) is 4.64. The Kier molecular flexibility index (Phi) is 4.50. The third kappa shape index (κ3) is 3.51. The molecule has 0 aliphatic heterocycles. The summed E-state index contributed by atoms with van der Waals surface area (Å²) in [7, 11) is 0. The van der Waals surface area contributed by atoms with Crippen LogP contribution in [-0.4, -0.2) is 29.0 Å². The summed E-state index contributed by atoms with van der Waals surface area (Å²) in [5.41, 5.74) is 1.64. The van der Waals surface area contributed by atoms with E-state index >= 15 is 0 Å². The van der Waals surface area contributed by atoms with Crippen LogP contribution in [0, 0.1) is 6.92 Å². The van der Waals surface area contributed by atoms with Crippen LogP contribution in [0.3, 0.4) is 0 Å². The summed E-state index contributed by atoms with van der Waals surface area (Å²) < 4.78 is 10.5. The molecule has 0 saturated heterocycles. The van der Waals surface area contributed by atoms with Crippen molar-refractivity contribution in [2.45, 2.75) is 58.3 Å². The maximum atomic E-state index is 5.84. The van der Waals surface area contributed by atoms with E-state index in [1.54, 1.807) is 0 Å². The second kappa shape index (κ2) is 6.12. The largest absolute Gasteiger partial charge is 0.372 e. The fourth-order valence-electron chi connectivity index (χ4n) is 2.30. The van der Waals surface area contributed by atoms with Crippen LogP contribution in [0.15, 0.2) is 4.63 Å². The molecule has 1 heterocycles. The van der Waals surface area contributed by atoms with Crippen LogP contribution in [-0.2, 0) is 11.3 Å². The number of rotatable bonds is 5. The van der Waals surface area contributed by atoms with E-state index in [-0.39, 0.29) is 0 Å². The Morgan fingerprint density at radius 2 is 2.06 bits per heavy atom. The molecule has 5 heteroatoms. The molecule has 1 aromatic rings. The fourth-order valence-corrected chi connectivity index (χ4v) is 2.30. The van der Waals surface area contributed by atoms with Gasteiger partial charge in [-0.15, -0.1) is 0 Å². The predicted octanol–water partition coefficient (Wildman–Crippen LogP) is 1.82. The number of nitrogens with zero attached hydrogens (tertiary/aromatic N) is 2. The number of hydrogen-bond donors (Lipinski definition) is 1. The molecule has 1 aliphatic rings. The van der Waals surface area contributed by atoms with Crippen molar-refractivity contribution in [3.8, 4) is 0 Å². The Morgan fingerprint density at radius 1 is 1.29 bits per heavy atom. The lowest BCUT2D eigenvalue weighted by Crippen LogP contribution is -2.35. The molecular formula is C12H21N3O2. The molecule has 0 bridgehead atoms. The average molecular weight is 239 g/mol. The van der Waals surface area contributed by atoms with Gasteiger partial charge in [0.1, 0.15) is 11.4 Å². The summed E-state index contributed by atoms with van der Waals surface area (Å²) in [6, 6.07) is 0.676. The molecule has 0 unspecified atom stereocenters. The summed E-state index contributed by atoms with van der Waals surface area (Å²) in [5.74, 6) is 0. The molecule has 1 aliphatic carbocycles. The van der Waals surface area contributed by atoms with E-state index in [4.69, 9.17) is 4.74 Å². The topological polar surface area (TPSA) is 60.2 Å². The monoisotopic (exact) mass is 239 g/mol. The zero-order valence-corrected chi connectivity index (χ0v) is 10.6. The van der Waals surface area contributed by atoms with Gasteiger partial charge in [0, 0.05) is 6.04 Å². The van der Waals surface area contributed by atoms with E-state index in [9.17, 15) is 0 Å². The first-order valence-corrected chi connectivity index (χ1v) is 6.42. The van der Waals surface area contributed by atoms with Gasteiger partial charge >= 0.3 is 0 Å². The predicted molar refractivity (Wildman–Crippen MR) is 63.5 cm³/mol. The van der Waals surface area contributed by atoms with Gasteiger partial charge in [-0.3, -0.25) is 0 Å². The molecule has 96 valence electrons. The summed E-state index contributed by atoms with van der Waals surface area (Å²) in [6.45, 7) is 5.62. The normalized spacial score (nSPS) is 25.1. The molecule has 1 saturated carbocycles. The molecule has 2 rings (SSSR count). The number of aryl methyl sites for hydroxylation is 1. The zero-order chi connectivity index (χ0) is 12.1. The second-order valence-electron chi connectivity index (χ2n) is 4.64. The first-order chi connectivity index (χ1) is 8.29. The van der Waals surface area contributed by atoms with Crippen LogP contribution in [0.2, 0.25) is 0 Å². The van der Waals surface area contributed by atoms with Gasteiger partial charge in [0.25, 0.3) is 0 Å². The Hall–Kier alpha value is -0.940. The molecule has 1 aromatic heterocycles. The summed E-state index contributed by atoms with van der Waals surface area (Å²) in [6.07, 6.45) is 5.02. The van der Waals surface area contributed by atoms with Gasteiger partial charge in [-0.25, -0.2) is 4.63 Å². The minimum Gasteiger partial charge on any atom is -0.372 e. The summed E-state index contributed by atoms with van der Waals surface area (Å²) in [4.78, 5) is 0. The maximum Gasteiger partial charge on any atom is 0.133 e. The van der Waals surface area contributed by atoms with Gasteiger partial charge in [0.15, 0.2) is 0 Å². The van der Waals surface area contributed by atoms with Crippen molar-refractivity contribution in [3.63, 3.8) is 0 Å². The number of nitrogens with one attached hydrogen (secondary N) is 1. The highest BCUT2D eigenvalue weighted by Crippen LogP contribution is 2.22. The van der Waals surface area contributed by atoms with E-state index in [1.165, 1.54) is 12.8 Å². The van der Waals surface area contributed by atoms with Crippen molar-refractivity contribution in [2.75, 3.05) is 6.54 Å². The Bertz CT molecular complexity index is 332. The molecule has 17 heavy (non-hydrogen) atoms. The van der Waals surface area contributed by atoms with Gasteiger partial charge in [0.2, 0.25) is 0 Å². The van der Waals surface area contributed by atoms with Crippen molar-refractivity contribution in [1.29, 1.82) is 0 Å². The van der Waals surface area contributed by atoms with Crippen molar-refractivity contribution in [3.05, 3.63) is 11.4 Å². The third-order valence-electron chi connectivity index (χ3n) is 3.37. The van der Waals surface area contributed by atoms with E-state index in [0.29, 0.717) is 18.8 Å². The van der Waals surface area contributed by atoms with E-state index < -0.39 is 0 Å². The smallest absolute Gasteiger partial charge is 0.133 e. The van der Waals surface area contributed by atoms with Crippen molar-refractivity contribution in [1.82, 2.24) is 15.6 Å². The average Bonchev–Trinajstić information content (AvgIpc) is 2.75. The van der Waals surface area contributed by atoms with Crippen LogP contribution in [0.25, 0.3) is 0 Å². The summed E-state index contributed by atoms with van der Waals surface area (Å²) in [5, 5.41) is 11.1. The SMILES string of the molecule is CCNC1CCC(OCc2nonc2C)CC1. The van der Waals surface area contributed by atoms with Crippen LogP contribution in [0.4, 0.5) is 0 Å². The third-order valence-corrected chi connectivity index (χ3v) is 3.37. The quantitative estimate of drug-likeness (QED) is 0.849. The Morgan fingerprint density at radius 3 is 2.65 bits per heavy atom. The first kappa shape index (κ1) is 12.5. The lowest BCUT2D eigenvalue weighted by Gasteiger charge is -2.28. The first-order valence-electron chi connectivity index (χ1n) is 6.42. The van der Waals surface area contributed by atoms with Crippen LogP contribution < -0.4 is 5.32 Å². The van der Waals surface area contributed by atoms with E-state index in [1.807, 2.05) is 6.92 Å². The number of aromatic nitrogens is 2. The van der Waals surface area contributed by atoms with Crippen molar-refractivity contribution >= 4 is 0 Å². The number of hydrogen-bond acceptors (Lipinski definition) is 5. The van der Waals surface area contributed by atoms with Crippen molar-refractivity contribution < 1.29 is 9.37 Å². The van der Waals surface area contributed by atoms with E-state index in [0.717, 1.165) is 30.8 Å². The zero-order valence-electron chi connectivity index (χ0n) is 10.6. The Balaban J connectivity index is 1.70. The molecule has 0 aromatic carbocycles. The van der Waals surface area contributed by atoms with Crippen LogP contribution >= 0.6 is 0 Å². The highest BCUT2D eigenvalue weighted by atomic mass is 16.6. The number of ether oxygens (including phenoxy) is 1. The van der Waals surface area contributed by atoms with Crippen molar-refractivity contribution in [2.24, 2.45) is 0 Å². The molecule has 5 nitrogen and oxygen atoms in total. The summed E-state index contributed by atoms with van der Waals surface area (Å²) >= 11 is 0. The Labute approximate surface area is 102 Å². The highest BCUT2D eigenvalue weighted by molar-refractivity contribution is 5.02. The highest BCUT2D eigenvalue weighted by Gasteiger charge is 2.21. The minimum absolute atomic E-state index is 0.362. The van der Waals surface area contributed by atoms with E-state index in [2.05, 4.69) is 27.2 Å². The van der Waals surface area contributed by atoms with Gasteiger partial charge in [0.05, 0.1) is 12.7 Å². The van der Waals surface area contributed by atoms with Crippen LogP contribution in [0.5, 0.6) is 0 Å². The lowest BCUT2D eigenvalue weighted by molar-refractivity contribution is 0.00866. The maximum absolute atomic E-state index is 5.84. The lowest BCUT2D eigenvalue weighted by atomic mass is 9.93. The molecule has 0 atom stereocenters. The van der Waals surface area contributed by atoms with Gasteiger partial charge in [-0.05, 0) is 39.2 Å². The molecule has 0 radical (unpaired) electrons. The molecule has 0 spiro atoms. The molecule has 1 N–H and O–H groups in total. The fraction of sp³-hybridized carbons (Fsp3) is 0.833. The van der Waals surface area contributed by atoms with Gasteiger partial charge < -0.3 is 10.1 Å². The molecular weight excluding hydrogens is 218 g/mol. The van der Waals surface area contributed by atoms with Gasteiger partial charge in [-0.1, -0.05) is 17.2 Å². The molecule has 0 amide bonds. The minimum atomic E-state index is 0.362. The standard InChI is InChI=1S/C12H21N3O2/c1-3-13-10-4-6-11(7-5-10)16-8-12-9(2)14-17-15-12/h10-11,13H,3-8H2,1-2H3. The molecule has 1 fully saturated rings. The van der Waals surface area contributed by atoms with Gasteiger partial charge in [-0.2, -0.15) is 0 Å². The van der Waals surface area contributed by atoms with Crippen LogP contribution in [0.1, 0.15) is 44.0 Å².